The molecule has 9 heteroatoms. The molecule has 0 radical (unpaired) electrons. The van der Waals surface area contributed by atoms with E-state index in [1.807, 2.05) is 29.6 Å². The van der Waals surface area contributed by atoms with E-state index in [4.69, 9.17) is 10.5 Å². The van der Waals surface area contributed by atoms with Crippen molar-refractivity contribution >= 4 is 40.8 Å². The number of nitrogens with two attached hydrogens (primary N) is 1. The minimum absolute atomic E-state index is 0.00128. The molecule has 176 valence electrons. The number of likely N-dealkylation sites (tertiary alicyclic amines) is 1. The van der Waals surface area contributed by atoms with E-state index in [1.54, 1.807) is 30.8 Å². The van der Waals surface area contributed by atoms with Gasteiger partial charge in [-0.1, -0.05) is 0 Å². The number of thiol groups is 1. The van der Waals surface area contributed by atoms with Gasteiger partial charge in [0, 0.05) is 42.3 Å². The third kappa shape index (κ3) is 5.66. The molecular formula is C24H30N4O3S2. The molecule has 1 aliphatic rings. The Morgan fingerprint density at radius 1 is 1.36 bits per heavy atom. The van der Waals surface area contributed by atoms with Crippen LogP contribution in [0, 0.1) is 11.8 Å². The molecule has 0 spiro atoms. The minimum atomic E-state index is -0.734. The Morgan fingerprint density at radius 2 is 2.21 bits per heavy atom. The molecule has 1 saturated heterocycles. The fraction of sp³-hybridized carbons (Fsp3) is 0.458. The molecular weight excluding hydrogens is 456 g/mol. The second kappa shape index (κ2) is 10.8. The van der Waals surface area contributed by atoms with Crippen molar-refractivity contribution in [1.29, 1.82) is 0 Å². The topological polar surface area (TPSA) is 102 Å². The summed E-state index contributed by atoms with van der Waals surface area (Å²) in [6, 6.07) is 7.55. The molecule has 33 heavy (non-hydrogen) atoms. The Bertz CT molecular complexity index is 1080. The van der Waals surface area contributed by atoms with E-state index in [9.17, 15) is 9.90 Å². The van der Waals surface area contributed by atoms with Gasteiger partial charge in [0.05, 0.1) is 23.8 Å². The predicted octanol–water partition coefficient (Wildman–Crippen LogP) is 4.17. The highest BCUT2D eigenvalue weighted by Crippen LogP contribution is 2.34. The Morgan fingerprint density at radius 3 is 2.94 bits per heavy atom. The monoisotopic (exact) mass is 486 g/mol. The van der Waals surface area contributed by atoms with Crippen molar-refractivity contribution in [3.05, 3.63) is 52.6 Å². The van der Waals surface area contributed by atoms with Crippen LogP contribution in [0.1, 0.15) is 41.1 Å². The number of hydrogen-bond donors (Lipinski definition) is 3. The number of methoxy groups -OCH3 is 1. The van der Waals surface area contributed by atoms with Crippen molar-refractivity contribution < 1.29 is 14.6 Å². The number of aromatic nitrogens is 2. The molecule has 0 amide bonds. The standard InChI is InChI=1S/C24H30N4O3S2/c1-31-16-3-5-21-18(12-16)17(6-8-26-21)20(25)4-2-15-7-10-28(13-19(15)24(29)30)14-22(32)23-27-9-11-33-23/h3,5-6,8-9,11-12,15,19-20,22,32H,2,4,7,10,13-14,25H2,1H3,(H,29,30)/t15-,19+,20+,22?/m1/s1. The lowest BCUT2D eigenvalue weighted by molar-refractivity contribution is -0.146. The summed E-state index contributed by atoms with van der Waals surface area (Å²) in [4.78, 5) is 23.0. The Balaban J connectivity index is 1.39. The maximum Gasteiger partial charge on any atom is 0.308 e. The summed E-state index contributed by atoms with van der Waals surface area (Å²) in [5.41, 5.74) is 8.49. The van der Waals surface area contributed by atoms with Gasteiger partial charge in [-0.25, -0.2) is 4.98 Å². The van der Waals surface area contributed by atoms with Crippen LogP contribution in [-0.4, -0.2) is 52.7 Å². The number of fused-ring (bicyclic) bond motifs is 1. The summed E-state index contributed by atoms with van der Waals surface area (Å²) in [7, 11) is 1.64. The molecule has 4 atom stereocenters. The summed E-state index contributed by atoms with van der Waals surface area (Å²) in [6.45, 7) is 2.10. The molecule has 3 heterocycles. The predicted molar refractivity (Wildman–Crippen MR) is 134 cm³/mol. The van der Waals surface area contributed by atoms with Crippen LogP contribution in [0.5, 0.6) is 5.75 Å². The number of hydrogen-bond acceptors (Lipinski definition) is 8. The van der Waals surface area contributed by atoms with Crippen LogP contribution in [0.4, 0.5) is 0 Å². The molecule has 3 N–H and O–H groups in total. The van der Waals surface area contributed by atoms with Crippen molar-refractivity contribution in [1.82, 2.24) is 14.9 Å². The maximum absolute atomic E-state index is 12.1. The SMILES string of the molecule is COc1ccc2nccc([C@@H](N)CC[C@@H]3CCN(CC(S)c4nccs4)C[C@@H]3C(=O)O)c2c1. The number of pyridine rings is 1. The number of carboxylic acids is 1. The van der Waals surface area contributed by atoms with Crippen molar-refractivity contribution in [2.24, 2.45) is 17.6 Å². The van der Waals surface area contributed by atoms with Crippen molar-refractivity contribution in [2.75, 3.05) is 26.7 Å². The van der Waals surface area contributed by atoms with Gasteiger partial charge < -0.3 is 20.5 Å². The third-order valence-electron chi connectivity index (χ3n) is 6.56. The summed E-state index contributed by atoms with van der Waals surface area (Å²) in [6.07, 6.45) is 5.89. The number of rotatable bonds is 9. The zero-order valence-electron chi connectivity index (χ0n) is 18.6. The molecule has 1 aliphatic heterocycles. The molecule has 7 nitrogen and oxygen atoms in total. The zero-order chi connectivity index (χ0) is 23.4. The first-order valence-corrected chi connectivity index (χ1v) is 12.6. The molecule has 2 aromatic heterocycles. The van der Waals surface area contributed by atoms with Gasteiger partial charge in [0.25, 0.3) is 0 Å². The van der Waals surface area contributed by atoms with Crippen LogP contribution >= 0.6 is 24.0 Å². The maximum atomic E-state index is 12.1. The van der Waals surface area contributed by atoms with Gasteiger partial charge in [0.15, 0.2) is 0 Å². The highest BCUT2D eigenvalue weighted by molar-refractivity contribution is 7.80. The molecule has 4 rings (SSSR count). The van der Waals surface area contributed by atoms with Crippen LogP contribution in [0.3, 0.4) is 0 Å². The summed E-state index contributed by atoms with van der Waals surface area (Å²) < 4.78 is 5.37. The summed E-state index contributed by atoms with van der Waals surface area (Å²) >= 11 is 6.26. The average Bonchev–Trinajstić information content (AvgIpc) is 3.37. The number of ether oxygens (including phenoxy) is 1. The lowest BCUT2D eigenvalue weighted by Gasteiger charge is -2.37. The van der Waals surface area contributed by atoms with Crippen LogP contribution in [-0.2, 0) is 4.79 Å². The second-order valence-electron chi connectivity index (χ2n) is 8.61. The van der Waals surface area contributed by atoms with Gasteiger partial charge in [0.2, 0.25) is 0 Å². The number of benzene rings is 1. The van der Waals surface area contributed by atoms with Crippen molar-refractivity contribution in [2.45, 2.75) is 30.6 Å². The van der Waals surface area contributed by atoms with Gasteiger partial charge in [-0.3, -0.25) is 9.78 Å². The van der Waals surface area contributed by atoms with Gasteiger partial charge >= 0.3 is 5.97 Å². The van der Waals surface area contributed by atoms with Crippen LogP contribution in [0.25, 0.3) is 10.9 Å². The lowest BCUT2D eigenvalue weighted by Crippen LogP contribution is -2.45. The van der Waals surface area contributed by atoms with Crippen molar-refractivity contribution in [3.63, 3.8) is 0 Å². The van der Waals surface area contributed by atoms with E-state index in [2.05, 4.69) is 27.5 Å². The van der Waals surface area contributed by atoms with Gasteiger partial charge in [-0.2, -0.15) is 12.6 Å². The Kier molecular flexibility index (Phi) is 7.85. The van der Waals surface area contributed by atoms with E-state index in [1.165, 1.54) is 0 Å². The van der Waals surface area contributed by atoms with E-state index in [0.717, 1.165) is 53.0 Å². The van der Waals surface area contributed by atoms with Crippen molar-refractivity contribution in [3.8, 4) is 5.75 Å². The Hall–Kier alpha value is -2.20. The van der Waals surface area contributed by atoms with E-state index in [-0.39, 0.29) is 17.2 Å². The molecule has 3 aromatic rings. The van der Waals surface area contributed by atoms with E-state index >= 15 is 0 Å². The van der Waals surface area contributed by atoms with Crippen LogP contribution in [0.15, 0.2) is 42.0 Å². The molecule has 0 aliphatic carbocycles. The van der Waals surface area contributed by atoms with Gasteiger partial charge in [-0.05, 0) is 61.6 Å². The number of thiazole rings is 1. The largest absolute Gasteiger partial charge is 0.497 e. The number of carboxylic acid groups (broad SMARTS) is 1. The highest BCUT2D eigenvalue weighted by Gasteiger charge is 2.35. The molecule has 1 fully saturated rings. The lowest BCUT2D eigenvalue weighted by atomic mass is 9.81. The summed E-state index contributed by atoms with van der Waals surface area (Å²) in [5, 5.41) is 13.8. The first kappa shape index (κ1) is 23.9. The van der Waals surface area contributed by atoms with Crippen LogP contribution < -0.4 is 10.5 Å². The quantitative estimate of drug-likeness (QED) is 0.390. The van der Waals surface area contributed by atoms with E-state index < -0.39 is 11.9 Å². The van der Waals surface area contributed by atoms with Crippen LogP contribution in [0.2, 0.25) is 0 Å². The fourth-order valence-corrected chi connectivity index (χ4v) is 5.82. The third-order valence-corrected chi connectivity index (χ3v) is 8.03. The molecule has 0 bridgehead atoms. The summed E-state index contributed by atoms with van der Waals surface area (Å²) in [5.74, 6) is -0.271. The first-order valence-electron chi connectivity index (χ1n) is 11.2. The van der Waals surface area contributed by atoms with Gasteiger partial charge in [-0.15, -0.1) is 11.3 Å². The number of nitrogens with zero attached hydrogens (tertiary/aromatic N) is 3. The minimum Gasteiger partial charge on any atom is -0.497 e. The first-order chi connectivity index (χ1) is 16.0. The average molecular weight is 487 g/mol. The normalized spacial score (nSPS) is 21.1. The zero-order valence-corrected chi connectivity index (χ0v) is 20.3. The molecule has 0 saturated carbocycles. The number of carbonyl (C=O) groups is 1. The smallest absolute Gasteiger partial charge is 0.308 e. The fourth-order valence-electron chi connectivity index (χ4n) is 4.73. The molecule has 1 aromatic carbocycles. The Labute approximate surface area is 203 Å². The van der Waals surface area contributed by atoms with Gasteiger partial charge in [0.1, 0.15) is 10.8 Å². The number of piperidine rings is 1. The number of aliphatic carboxylic acids is 1. The highest BCUT2D eigenvalue weighted by atomic mass is 32.1. The van der Waals surface area contributed by atoms with E-state index in [0.29, 0.717) is 13.1 Å². The molecule has 1 unspecified atom stereocenters. The second-order valence-corrected chi connectivity index (χ2v) is 10.2.